The molecule has 2 heterocycles. The first-order valence-electron chi connectivity index (χ1n) is 25.7. The molecule has 0 saturated heterocycles. The summed E-state index contributed by atoms with van der Waals surface area (Å²) in [6.07, 6.45) is 0. The van der Waals surface area contributed by atoms with E-state index in [-0.39, 0.29) is 23.9 Å². The molecule has 7 aliphatic rings. The molecule has 6 aliphatic carbocycles. The van der Waals surface area contributed by atoms with Crippen molar-refractivity contribution in [1.82, 2.24) is 13.9 Å². The first-order chi connectivity index (χ1) is 34.6. The lowest BCUT2D eigenvalue weighted by Crippen LogP contribution is -2.83. The van der Waals surface area contributed by atoms with Gasteiger partial charge in [-0.25, -0.2) is 23.5 Å². The molecule has 34 rings (SSSR count). The van der Waals surface area contributed by atoms with Gasteiger partial charge in [0.25, 0.3) is 0 Å². The Balaban J connectivity index is 1.22. The van der Waals surface area contributed by atoms with Gasteiger partial charge in [0, 0.05) is 29.7 Å². The van der Waals surface area contributed by atoms with Gasteiger partial charge < -0.3 is 5.11 Å². The fraction of sp³-hybridized carbons (Fsp3) is 0.0938. The van der Waals surface area contributed by atoms with E-state index in [0.717, 1.165) is 0 Å². The van der Waals surface area contributed by atoms with E-state index in [1.165, 1.54) is 243 Å². The third-order valence-corrected chi connectivity index (χ3v) is 26.1. The van der Waals surface area contributed by atoms with Crippen molar-refractivity contribution in [3.63, 3.8) is 0 Å². The maximum absolute atomic E-state index is 15.9. The summed E-state index contributed by atoms with van der Waals surface area (Å²) in [5.41, 5.74) is 4.54. The number of rotatable bonds is 1. The van der Waals surface area contributed by atoms with Crippen LogP contribution >= 0.6 is 0 Å². The highest BCUT2D eigenvalue weighted by Crippen LogP contribution is 2.89. The molecule has 1 aromatic heterocycles. The van der Waals surface area contributed by atoms with E-state index < -0.39 is 16.5 Å². The molecule has 1 aliphatic heterocycles. The average Bonchev–Trinajstić information content (AvgIpc) is 4.35. The van der Waals surface area contributed by atoms with Gasteiger partial charge in [-0.05, 0) is 286 Å². The predicted octanol–water partition coefficient (Wildman–Crippen LogP) is 13.0. The Morgan fingerprint density at radius 3 is 0.971 bits per heavy atom. The zero-order valence-electron chi connectivity index (χ0n) is 35.4. The van der Waals surface area contributed by atoms with Gasteiger partial charge >= 0.3 is 11.4 Å². The van der Waals surface area contributed by atoms with E-state index in [0.29, 0.717) is 0 Å². The zero-order valence-corrected chi connectivity index (χ0v) is 35.4. The van der Waals surface area contributed by atoms with Crippen LogP contribution in [0.5, 0.6) is 0 Å². The van der Waals surface area contributed by atoms with Crippen molar-refractivity contribution < 1.29 is 5.11 Å². The van der Waals surface area contributed by atoms with Crippen LogP contribution in [0.1, 0.15) is 39.3 Å². The molecule has 6 nitrogen and oxygen atoms in total. The number of aliphatic hydroxyl groups is 1. The third kappa shape index (κ3) is 1.23. The quantitative estimate of drug-likeness (QED) is 0.167. The molecule has 1 N–H and O–H groups in total. The summed E-state index contributed by atoms with van der Waals surface area (Å²) in [6.45, 7) is -0.105. The topological polar surface area (TPSA) is 69.2 Å². The number of benzene rings is 17. The molecular formula is C64H7N3O3. The van der Waals surface area contributed by atoms with Crippen molar-refractivity contribution in [2.75, 3.05) is 6.61 Å². The first kappa shape index (κ1) is 25.7. The van der Waals surface area contributed by atoms with Crippen LogP contribution in [0, 0.1) is 0 Å². The molecule has 2 spiro atoms. The van der Waals surface area contributed by atoms with Crippen LogP contribution in [-0.4, -0.2) is 25.6 Å². The van der Waals surface area contributed by atoms with Crippen LogP contribution in [0.4, 0.5) is 0 Å². The lowest BCUT2D eigenvalue weighted by atomic mass is 9.42. The highest BCUT2D eigenvalue weighted by Gasteiger charge is 2.88. The summed E-state index contributed by atoms with van der Waals surface area (Å²) >= 11 is 0. The van der Waals surface area contributed by atoms with Gasteiger partial charge in [0.15, 0.2) is 0 Å². The van der Waals surface area contributed by atoms with Gasteiger partial charge in [-0.15, -0.1) is 0 Å². The van der Waals surface area contributed by atoms with E-state index >= 15 is 9.59 Å². The van der Waals surface area contributed by atoms with E-state index in [4.69, 9.17) is 0 Å². The Labute approximate surface area is 377 Å². The molecule has 27 aromatic rings. The average molecular weight is 866 g/mol. The van der Waals surface area contributed by atoms with Crippen LogP contribution in [0.25, 0.3) is 269 Å². The summed E-state index contributed by atoms with van der Waals surface area (Å²) < 4.78 is 5.50. The second kappa shape index (κ2) is 5.53. The number of hydrogen-bond donors (Lipinski definition) is 1. The number of aromatic nitrogens is 3. The molecule has 0 radical (unpaired) electrons. The summed E-state index contributed by atoms with van der Waals surface area (Å²) in [4.78, 5) is 31.7. The number of aliphatic hydroxyl groups excluding tert-OH is 1. The van der Waals surface area contributed by atoms with Crippen LogP contribution in [0.3, 0.4) is 0 Å². The molecule has 0 fully saturated rings. The van der Waals surface area contributed by atoms with E-state index in [2.05, 4.69) is 0 Å². The Hall–Kier alpha value is -8.58. The Morgan fingerprint density at radius 1 is 0.314 bits per heavy atom. The fourth-order valence-electron chi connectivity index (χ4n) is 26.3. The molecule has 0 amide bonds. The minimum absolute atomic E-state index is 0.105. The lowest BCUT2D eigenvalue weighted by Gasteiger charge is -2.70. The van der Waals surface area contributed by atoms with Crippen LogP contribution in [-0.2, 0) is 23.5 Å². The van der Waals surface area contributed by atoms with Gasteiger partial charge in [-0.1, -0.05) is 0 Å². The monoisotopic (exact) mass is 865 g/mol. The van der Waals surface area contributed by atoms with Gasteiger partial charge in [0.1, 0.15) is 11.1 Å². The standard InChI is InChI=1S/C64H7N3O3/c1-65-60(69)66-63-57-49-39-29-19-10-5-3-4-6-8-7(5)16-22-17(8)25-24-15(6)18-12(4)14-13-9(3)11(10)21-26-20(13)28-27(14)32-31(18)38-35(24)44-37(25)42-34(22)41(33(39)23(16)19)51(57)52(42)59-54(44)56-47(38)46(32)48-43(28)45-36(26)40(30(21)29)50(49)58(63)53(45)55(48)62(56,2-68)64(59,63)67(66)61(65)70/h55,68H,2H2,1H3. The summed E-state index contributed by atoms with van der Waals surface area (Å²) in [6, 6.07) is 0. The number of hydrogen-bond acceptors (Lipinski definition) is 3. The third-order valence-electron chi connectivity index (χ3n) is 26.1. The molecular weight excluding hydrogens is 859 g/mol. The lowest BCUT2D eigenvalue weighted by molar-refractivity contribution is -0.0917. The number of nitrogens with zero attached hydrogens (tertiary/aromatic N) is 3. The van der Waals surface area contributed by atoms with Gasteiger partial charge in [0.2, 0.25) is 0 Å². The minimum atomic E-state index is -1.08. The summed E-state index contributed by atoms with van der Waals surface area (Å²) in [7, 11) is 1.73. The maximum Gasteiger partial charge on any atom is 0.348 e. The SMILES string of the molecule is Cn1c(=O)n2n(c1=O)C13c4c5c6c7c8c9c%10c%11c(c%12c%13c%14c(c%15c4c4c%16c5c5c7c7c8c8c%10c%10c%17c%11c%13c%11c%13c%14c%14c%15c4c4c%15c%16c5c5c7c7c8c%10c8c(c%17%11)c%10c%13c%14c4c4c%15c5c7c8c%104)C%1221)C9C63CO. The van der Waals surface area contributed by atoms with E-state index in [9.17, 15) is 5.11 Å². The molecule has 6 heteroatoms. The highest BCUT2D eigenvalue weighted by molar-refractivity contribution is 6.80. The van der Waals surface area contributed by atoms with Crippen molar-refractivity contribution in [3.05, 3.63) is 54.3 Å². The molecule has 296 valence electrons. The first-order valence-corrected chi connectivity index (χ1v) is 25.7. The Bertz CT molecular complexity index is 7690. The van der Waals surface area contributed by atoms with Gasteiger partial charge in [-0.2, -0.15) is 0 Å². The van der Waals surface area contributed by atoms with Crippen LogP contribution in [0.15, 0.2) is 9.59 Å². The second-order valence-electron chi connectivity index (χ2n) is 25.8. The van der Waals surface area contributed by atoms with Gasteiger partial charge in [-0.3, -0.25) is 0 Å². The predicted molar refractivity (Wildman–Crippen MR) is 282 cm³/mol. The van der Waals surface area contributed by atoms with E-state index in [1.54, 1.807) is 71.7 Å². The maximum atomic E-state index is 15.9. The Morgan fingerprint density at radius 2 is 0.586 bits per heavy atom. The zero-order chi connectivity index (χ0) is 42.0. The van der Waals surface area contributed by atoms with Crippen LogP contribution in [0.2, 0.25) is 0 Å². The van der Waals surface area contributed by atoms with Gasteiger partial charge in [0.05, 0.1) is 12.0 Å². The fourth-order valence-corrected chi connectivity index (χ4v) is 26.3. The smallest absolute Gasteiger partial charge is 0.348 e. The van der Waals surface area contributed by atoms with Crippen LogP contribution < -0.4 is 11.4 Å². The molecule has 26 aromatic carbocycles. The number of fused-ring (bicyclic) bond motifs is 1. The summed E-state index contributed by atoms with van der Waals surface area (Å²) in [5.74, 6) is -0.187. The molecule has 4 atom stereocenters. The minimum Gasteiger partial charge on any atom is -0.395 e. The normalized spacial score (nSPS) is 25.8. The molecule has 0 bridgehead atoms. The molecule has 70 heavy (non-hydrogen) atoms. The highest BCUT2D eigenvalue weighted by atomic mass is 16.3. The molecule has 4 unspecified atom stereocenters. The largest absolute Gasteiger partial charge is 0.395 e. The van der Waals surface area contributed by atoms with Crippen molar-refractivity contribution in [2.45, 2.75) is 22.4 Å². The Kier molecular flexibility index (Phi) is 2.03. The van der Waals surface area contributed by atoms with E-state index in [1.807, 2.05) is 9.36 Å². The molecule has 0 saturated carbocycles. The van der Waals surface area contributed by atoms with Crippen molar-refractivity contribution in [3.8, 4) is 0 Å². The van der Waals surface area contributed by atoms with Crippen molar-refractivity contribution >= 4 is 269 Å². The van der Waals surface area contributed by atoms with Crippen molar-refractivity contribution in [2.24, 2.45) is 7.05 Å². The van der Waals surface area contributed by atoms with Crippen molar-refractivity contribution in [1.29, 1.82) is 0 Å². The second-order valence-corrected chi connectivity index (χ2v) is 25.8. The summed E-state index contributed by atoms with van der Waals surface area (Å²) in [5, 5.41) is 88.0.